The third-order valence-corrected chi connectivity index (χ3v) is 4.07. The van der Waals surface area contributed by atoms with E-state index in [1.54, 1.807) is 6.07 Å². The zero-order valence-corrected chi connectivity index (χ0v) is 14.4. The summed E-state index contributed by atoms with van der Waals surface area (Å²) < 4.78 is 13.2. The molecule has 0 heterocycles. The number of aliphatic hydroxyl groups is 1. The molecule has 0 aromatic heterocycles. The molecule has 0 saturated carbocycles. The molecule has 2 atom stereocenters. The van der Waals surface area contributed by atoms with Gasteiger partial charge in [-0.15, -0.1) is 0 Å². The molecule has 134 valence electrons. The van der Waals surface area contributed by atoms with Crippen LogP contribution in [0.4, 0.5) is 9.18 Å². The van der Waals surface area contributed by atoms with Gasteiger partial charge in [0.25, 0.3) is 0 Å². The summed E-state index contributed by atoms with van der Waals surface area (Å²) in [6, 6.07) is 15.8. The fraction of sp³-hybridized carbons (Fsp3) is 0.350. The molecule has 3 N–H and O–H groups in total. The van der Waals surface area contributed by atoms with Gasteiger partial charge < -0.3 is 15.7 Å². The average molecular weight is 344 g/mol. The molecular weight excluding hydrogens is 319 g/mol. The van der Waals surface area contributed by atoms with Crippen molar-refractivity contribution in [3.05, 3.63) is 71.5 Å². The van der Waals surface area contributed by atoms with Crippen LogP contribution in [0.15, 0.2) is 54.6 Å². The SMILES string of the molecule is CC(Cc1cccc(F)c1)NC(=O)NCC(CCO)c1ccccc1. The Balaban J connectivity index is 1.82. The summed E-state index contributed by atoms with van der Waals surface area (Å²) >= 11 is 0. The number of benzene rings is 2. The minimum atomic E-state index is -0.274. The quantitative estimate of drug-likeness (QED) is 0.688. The van der Waals surface area contributed by atoms with E-state index in [9.17, 15) is 14.3 Å². The number of halogens is 1. The highest BCUT2D eigenvalue weighted by atomic mass is 19.1. The van der Waals surface area contributed by atoms with Crippen LogP contribution in [0.3, 0.4) is 0 Å². The first-order valence-electron chi connectivity index (χ1n) is 8.53. The molecule has 5 heteroatoms. The Hall–Kier alpha value is -2.40. The van der Waals surface area contributed by atoms with Crippen LogP contribution in [0, 0.1) is 5.82 Å². The van der Waals surface area contributed by atoms with Gasteiger partial charge in [0.1, 0.15) is 5.82 Å². The monoisotopic (exact) mass is 344 g/mol. The maximum atomic E-state index is 13.2. The average Bonchev–Trinajstić information content (AvgIpc) is 2.59. The lowest BCUT2D eigenvalue weighted by molar-refractivity contribution is 0.234. The van der Waals surface area contributed by atoms with Gasteiger partial charge in [0.15, 0.2) is 0 Å². The molecule has 4 nitrogen and oxygen atoms in total. The predicted molar refractivity (Wildman–Crippen MR) is 97.0 cm³/mol. The zero-order chi connectivity index (χ0) is 18.1. The fourth-order valence-corrected chi connectivity index (χ4v) is 2.83. The van der Waals surface area contributed by atoms with Crippen molar-refractivity contribution in [3.8, 4) is 0 Å². The van der Waals surface area contributed by atoms with E-state index >= 15 is 0 Å². The van der Waals surface area contributed by atoms with Crippen LogP contribution >= 0.6 is 0 Å². The fourth-order valence-electron chi connectivity index (χ4n) is 2.83. The molecule has 0 bridgehead atoms. The van der Waals surface area contributed by atoms with Crippen LogP contribution in [0.5, 0.6) is 0 Å². The Morgan fingerprint density at radius 3 is 2.60 bits per heavy atom. The van der Waals surface area contributed by atoms with Gasteiger partial charge in [-0.1, -0.05) is 42.5 Å². The first kappa shape index (κ1) is 18.9. The van der Waals surface area contributed by atoms with E-state index in [0.29, 0.717) is 19.4 Å². The molecule has 0 radical (unpaired) electrons. The molecule has 0 fully saturated rings. The topological polar surface area (TPSA) is 61.4 Å². The van der Waals surface area contributed by atoms with Crippen molar-refractivity contribution >= 4 is 6.03 Å². The number of urea groups is 1. The molecule has 0 aliphatic rings. The number of nitrogens with one attached hydrogen (secondary N) is 2. The summed E-state index contributed by atoms with van der Waals surface area (Å²) in [6.45, 7) is 2.40. The van der Waals surface area contributed by atoms with Crippen molar-refractivity contribution in [1.82, 2.24) is 10.6 Å². The number of rotatable bonds is 8. The van der Waals surface area contributed by atoms with Crippen LogP contribution in [-0.4, -0.2) is 30.3 Å². The number of hydrogen-bond donors (Lipinski definition) is 3. The van der Waals surface area contributed by atoms with Gasteiger partial charge in [0.05, 0.1) is 0 Å². The summed E-state index contributed by atoms with van der Waals surface area (Å²) in [5, 5.41) is 15.0. The van der Waals surface area contributed by atoms with E-state index in [0.717, 1.165) is 11.1 Å². The molecule has 25 heavy (non-hydrogen) atoms. The van der Waals surface area contributed by atoms with E-state index in [2.05, 4.69) is 10.6 Å². The van der Waals surface area contributed by atoms with Crippen LogP contribution in [0.2, 0.25) is 0 Å². The van der Waals surface area contributed by atoms with E-state index < -0.39 is 0 Å². The van der Waals surface area contributed by atoms with Crippen molar-refractivity contribution in [2.75, 3.05) is 13.2 Å². The van der Waals surface area contributed by atoms with Gasteiger partial charge in [-0.25, -0.2) is 9.18 Å². The highest BCUT2D eigenvalue weighted by molar-refractivity contribution is 5.74. The molecule has 2 aromatic rings. The van der Waals surface area contributed by atoms with Crippen LogP contribution in [-0.2, 0) is 6.42 Å². The van der Waals surface area contributed by atoms with Gasteiger partial charge in [-0.2, -0.15) is 0 Å². The maximum absolute atomic E-state index is 13.2. The molecule has 2 unspecified atom stereocenters. The predicted octanol–water partition coefficient (Wildman–Crippen LogP) is 3.22. The minimum absolute atomic E-state index is 0.0653. The lowest BCUT2D eigenvalue weighted by Crippen LogP contribution is -2.43. The standard InChI is InChI=1S/C20H25FN2O2/c1-15(12-16-6-5-9-19(21)13-16)23-20(25)22-14-18(10-11-24)17-7-3-2-4-8-17/h2-9,13,15,18,24H,10-12,14H2,1H3,(H2,22,23,25). The summed E-state index contributed by atoms with van der Waals surface area (Å²) in [7, 11) is 0. The summed E-state index contributed by atoms with van der Waals surface area (Å²) in [5.74, 6) is -0.209. The number of amides is 2. The second-order valence-corrected chi connectivity index (χ2v) is 6.21. The van der Waals surface area contributed by atoms with Crippen molar-refractivity contribution in [2.24, 2.45) is 0 Å². The van der Waals surface area contributed by atoms with Gasteiger partial charge in [-0.3, -0.25) is 0 Å². The molecule has 0 aliphatic carbocycles. The van der Waals surface area contributed by atoms with E-state index in [1.165, 1.54) is 12.1 Å². The van der Waals surface area contributed by atoms with Gasteiger partial charge in [-0.05, 0) is 43.0 Å². The zero-order valence-electron chi connectivity index (χ0n) is 14.4. The van der Waals surface area contributed by atoms with Crippen molar-refractivity contribution < 1.29 is 14.3 Å². The second-order valence-electron chi connectivity index (χ2n) is 6.21. The van der Waals surface area contributed by atoms with Crippen LogP contribution < -0.4 is 10.6 Å². The number of hydrogen-bond acceptors (Lipinski definition) is 2. The van der Waals surface area contributed by atoms with Crippen LogP contribution in [0.1, 0.15) is 30.4 Å². The Morgan fingerprint density at radius 1 is 1.16 bits per heavy atom. The summed E-state index contributed by atoms with van der Waals surface area (Å²) in [4.78, 5) is 12.1. The van der Waals surface area contributed by atoms with Gasteiger partial charge >= 0.3 is 6.03 Å². The third-order valence-electron chi connectivity index (χ3n) is 4.07. The number of carbonyl (C=O) groups excluding carboxylic acids is 1. The Labute approximate surface area is 148 Å². The lowest BCUT2D eigenvalue weighted by Gasteiger charge is -2.19. The first-order chi connectivity index (χ1) is 12.1. The molecule has 0 spiro atoms. The molecule has 2 amide bonds. The molecule has 0 saturated heterocycles. The minimum Gasteiger partial charge on any atom is -0.396 e. The van der Waals surface area contributed by atoms with E-state index in [4.69, 9.17) is 0 Å². The van der Waals surface area contributed by atoms with Crippen molar-refractivity contribution in [1.29, 1.82) is 0 Å². The first-order valence-corrected chi connectivity index (χ1v) is 8.53. The summed E-state index contributed by atoms with van der Waals surface area (Å²) in [6.07, 6.45) is 1.15. The van der Waals surface area contributed by atoms with E-state index in [1.807, 2.05) is 43.3 Å². The largest absolute Gasteiger partial charge is 0.396 e. The third kappa shape index (κ3) is 6.55. The summed E-state index contributed by atoms with van der Waals surface area (Å²) in [5.41, 5.74) is 1.93. The molecule has 2 rings (SSSR count). The molecule has 0 aliphatic heterocycles. The van der Waals surface area contributed by atoms with Crippen LogP contribution in [0.25, 0.3) is 0 Å². The second kappa shape index (κ2) is 9.79. The normalized spacial score (nSPS) is 13.1. The van der Waals surface area contributed by atoms with E-state index in [-0.39, 0.29) is 30.4 Å². The molecular formula is C20H25FN2O2. The Morgan fingerprint density at radius 2 is 1.92 bits per heavy atom. The number of aliphatic hydroxyl groups excluding tert-OH is 1. The van der Waals surface area contributed by atoms with Gasteiger partial charge in [0, 0.05) is 25.1 Å². The molecule has 2 aromatic carbocycles. The van der Waals surface area contributed by atoms with Crippen molar-refractivity contribution in [3.63, 3.8) is 0 Å². The van der Waals surface area contributed by atoms with Crippen molar-refractivity contribution in [2.45, 2.75) is 31.7 Å². The Bertz CT molecular complexity index is 664. The highest BCUT2D eigenvalue weighted by Crippen LogP contribution is 2.18. The lowest BCUT2D eigenvalue weighted by atomic mass is 9.96. The maximum Gasteiger partial charge on any atom is 0.315 e. The highest BCUT2D eigenvalue weighted by Gasteiger charge is 2.13. The number of carbonyl (C=O) groups is 1. The Kier molecular flexibility index (Phi) is 7.41. The smallest absolute Gasteiger partial charge is 0.315 e. The van der Waals surface area contributed by atoms with Gasteiger partial charge in [0.2, 0.25) is 0 Å².